The summed E-state index contributed by atoms with van der Waals surface area (Å²) >= 11 is 1.69. The summed E-state index contributed by atoms with van der Waals surface area (Å²) in [6, 6.07) is 71.9. The van der Waals surface area contributed by atoms with Crippen LogP contribution in [0.5, 0.6) is 0 Å². The molecular formula is C49H34N4S. The van der Waals surface area contributed by atoms with Crippen molar-refractivity contribution >= 4 is 28.4 Å². The first kappa shape index (κ1) is 32.9. The number of benzene rings is 7. The highest BCUT2D eigenvalue weighted by atomic mass is 32.1. The zero-order valence-electron chi connectivity index (χ0n) is 29.3. The van der Waals surface area contributed by atoms with Crippen molar-refractivity contribution in [3.63, 3.8) is 0 Å². The molecule has 5 heteroatoms. The third-order valence-electron chi connectivity index (χ3n) is 9.36. The quantitative estimate of drug-likeness (QED) is 0.150. The Kier molecular flexibility index (Phi) is 9.12. The molecule has 0 amide bonds. The molecule has 0 spiro atoms. The lowest BCUT2D eigenvalue weighted by Crippen LogP contribution is -2.10. The van der Waals surface area contributed by atoms with Gasteiger partial charge in [0.15, 0.2) is 17.5 Å². The minimum Gasteiger partial charge on any atom is -0.310 e. The monoisotopic (exact) mass is 710 g/mol. The van der Waals surface area contributed by atoms with Crippen LogP contribution < -0.4 is 4.90 Å². The van der Waals surface area contributed by atoms with Crippen molar-refractivity contribution in [3.8, 4) is 66.2 Å². The molecule has 0 aliphatic rings. The van der Waals surface area contributed by atoms with Crippen LogP contribution in [0.3, 0.4) is 0 Å². The Balaban J connectivity index is 1.11. The predicted molar refractivity (Wildman–Crippen MR) is 225 cm³/mol. The van der Waals surface area contributed by atoms with Crippen molar-refractivity contribution in [2.24, 2.45) is 0 Å². The number of rotatable bonds is 9. The maximum atomic E-state index is 4.97. The molecule has 0 fully saturated rings. The standard InChI is InChI=1S/C49H34N4S/c1-5-15-35(16-6-1)37-27-29-42(30-28-37)53(43-25-13-23-40(33-43)36-17-7-2-8-18-36)44-26-14-24-41(34-44)45-31-32-46(54-45)49-51-47(38-19-9-3-10-20-38)50-48(52-49)39-21-11-4-12-22-39/h1-34H. The molecular weight excluding hydrogens is 677 g/mol. The summed E-state index contributed by atoms with van der Waals surface area (Å²) in [4.78, 5) is 19.3. The van der Waals surface area contributed by atoms with Crippen LogP contribution >= 0.6 is 11.3 Å². The normalized spacial score (nSPS) is 11.0. The Morgan fingerprint density at radius 3 is 1.24 bits per heavy atom. The predicted octanol–water partition coefficient (Wildman–Crippen LogP) is 13.4. The third-order valence-corrected chi connectivity index (χ3v) is 10.5. The maximum absolute atomic E-state index is 4.97. The highest BCUT2D eigenvalue weighted by molar-refractivity contribution is 7.18. The van der Waals surface area contributed by atoms with Gasteiger partial charge in [0, 0.05) is 33.1 Å². The molecule has 0 N–H and O–H groups in total. The summed E-state index contributed by atoms with van der Waals surface area (Å²) in [6.07, 6.45) is 0. The van der Waals surface area contributed by atoms with Crippen LogP contribution in [0.4, 0.5) is 17.1 Å². The van der Waals surface area contributed by atoms with Crippen molar-refractivity contribution < 1.29 is 0 Å². The molecule has 4 nitrogen and oxygen atoms in total. The fraction of sp³-hybridized carbons (Fsp3) is 0. The van der Waals surface area contributed by atoms with E-state index in [1.807, 2.05) is 60.7 Å². The summed E-state index contributed by atoms with van der Waals surface area (Å²) in [5, 5.41) is 0. The van der Waals surface area contributed by atoms with Crippen molar-refractivity contribution in [2.45, 2.75) is 0 Å². The van der Waals surface area contributed by atoms with Crippen LogP contribution in [0.2, 0.25) is 0 Å². The molecule has 2 heterocycles. The molecule has 0 saturated carbocycles. The lowest BCUT2D eigenvalue weighted by atomic mass is 10.0. The molecule has 0 radical (unpaired) electrons. The lowest BCUT2D eigenvalue weighted by Gasteiger charge is -2.26. The fourth-order valence-electron chi connectivity index (χ4n) is 6.67. The zero-order valence-corrected chi connectivity index (χ0v) is 30.1. The Morgan fingerprint density at radius 2 is 0.685 bits per heavy atom. The Bertz CT molecular complexity index is 2580. The summed E-state index contributed by atoms with van der Waals surface area (Å²) in [6.45, 7) is 0. The van der Waals surface area contributed by atoms with Crippen LogP contribution in [0.15, 0.2) is 206 Å². The molecule has 0 aliphatic carbocycles. The van der Waals surface area contributed by atoms with Crippen LogP contribution in [-0.4, -0.2) is 15.0 Å². The molecule has 54 heavy (non-hydrogen) atoms. The van der Waals surface area contributed by atoms with Gasteiger partial charge in [-0.25, -0.2) is 15.0 Å². The molecule has 2 aromatic heterocycles. The van der Waals surface area contributed by atoms with Crippen LogP contribution in [0, 0.1) is 0 Å². The average Bonchev–Trinajstić information content (AvgIpc) is 3.76. The van der Waals surface area contributed by atoms with Crippen molar-refractivity contribution in [1.29, 1.82) is 0 Å². The first-order valence-electron chi connectivity index (χ1n) is 17.9. The van der Waals surface area contributed by atoms with Crippen molar-refractivity contribution in [3.05, 3.63) is 206 Å². The largest absolute Gasteiger partial charge is 0.310 e. The van der Waals surface area contributed by atoms with E-state index >= 15 is 0 Å². The van der Waals surface area contributed by atoms with Gasteiger partial charge >= 0.3 is 0 Å². The van der Waals surface area contributed by atoms with Gasteiger partial charge in [-0.15, -0.1) is 11.3 Å². The molecule has 0 saturated heterocycles. The topological polar surface area (TPSA) is 41.9 Å². The SMILES string of the molecule is c1ccc(-c2ccc(N(c3cccc(-c4ccccc4)c3)c3cccc(-c4ccc(-c5nc(-c6ccccc6)nc(-c6ccccc6)n5)s4)c3)cc2)cc1. The van der Waals surface area contributed by atoms with Gasteiger partial charge in [-0.05, 0) is 76.3 Å². The third kappa shape index (κ3) is 6.96. The van der Waals surface area contributed by atoms with E-state index in [4.69, 9.17) is 15.0 Å². The summed E-state index contributed by atoms with van der Waals surface area (Å²) in [5.41, 5.74) is 11.0. The molecule has 9 aromatic rings. The van der Waals surface area contributed by atoms with Gasteiger partial charge in [0.2, 0.25) is 0 Å². The van der Waals surface area contributed by atoms with Crippen molar-refractivity contribution in [2.75, 3.05) is 4.90 Å². The second-order valence-corrected chi connectivity index (χ2v) is 14.0. The van der Waals surface area contributed by atoms with E-state index < -0.39 is 0 Å². The lowest BCUT2D eigenvalue weighted by molar-refractivity contribution is 1.08. The maximum Gasteiger partial charge on any atom is 0.174 e. The Morgan fingerprint density at radius 1 is 0.278 bits per heavy atom. The molecule has 0 unspecified atom stereocenters. The van der Waals surface area contributed by atoms with Gasteiger partial charge in [0.05, 0.1) is 4.88 Å². The molecule has 7 aromatic carbocycles. The molecule has 0 aliphatic heterocycles. The number of nitrogens with zero attached hydrogens (tertiary/aromatic N) is 4. The minimum absolute atomic E-state index is 0.656. The van der Waals surface area contributed by atoms with E-state index in [0.29, 0.717) is 17.5 Å². The Hall–Kier alpha value is -6.95. The molecule has 0 atom stereocenters. The van der Waals surface area contributed by atoms with Gasteiger partial charge in [0.25, 0.3) is 0 Å². The van der Waals surface area contributed by atoms with Gasteiger partial charge < -0.3 is 4.90 Å². The second-order valence-electron chi connectivity index (χ2n) is 12.9. The smallest absolute Gasteiger partial charge is 0.174 e. The average molecular weight is 711 g/mol. The van der Waals surface area contributed by atoms with E-state index in [1.54, 1.807) is 11.3 Å². The summed E-state index contributed by atoms with van der Waals surface area (Å²) < 4.78 is 0. The minimum atomic E-state index is 0.656. The van der Waals surface area contributed by atoms with Crippen LogP contribution in [0.1, 0.15) is 0 Å². The zero-order chi connectivity index (χ0) is 36.1. The molecule has 0 bridgehead atoms. The van der Waals surface area contributed by atoms with E-state index in [-0.39, 0.29) is 0 Å². The Labute approximate surface area is 319 Å². The van der Waals surface area contributed by atoms with Crippen molar-refractivity contribution in [1.82, 2.24) is 15.0 Å². The van der Waals surface area contributed by atoms with Gasteiger partial charge in [-0.3, -0.25) is 0 Å². The summed E-state index contributed by atoms with van der Waals surface area (Å²) in [7, 11) is 0. The first-order chi connectivity index (χ1) is 26.7. The highest BCUT2D eigenvalue weighted by Crippen LogP contribution is 2.41. The molecule has 256 valence electrons. The van der Waals surface area contributed by atoms with E-state index in [2.05, 4.69) is 150 Å². The number of hydrogen-bond donors (Lipinski definition) is 0. The fourth-order valence-corrected chi connectivity index (χ4v) is 7.60. The first-order valence-corrected chi connectivity index (χ1v) is 18.8. The van der Waals surface area contributed by atoms with Gasteiger partial charge in [-0.2, -0.15) is 0 Å². The van der Waals surface area contributed by atoms with E-state index in [0.717, 1.165) is 43.5 Å². The number of aromatic nitrogens is 3. The number of anilines is 3. The molecule has 9 rings (SSSR count). The van der Waals surface area contributed by atoms with Gasteiger partial charge in [0.1, 0.15) is 0 Å². The van der Waals surface area contributed by atoms with E-state index in [9.17, 15) is 0 Å². The number of thiophene rings is 1. The highest BCUT2D eigenvalue weighted by Gasteiger charge is 2.17. The number of hydrogen-bond acceptors (Lipinski definition) is 5. The summed E-state index contributed by atoms with van der Waals surface area (Å²) in [5.74, 6) is 1.97. The second kappa shape index (κ2) is 15.0. The van der Waals surface area contributed by atoms with Crippen LogP contribution in [0.25, 0.3) is 66.2 Å². The van der Waals surface area contributed by atoms with E-state index in [1.165, 1.54) is 22.3 Å². The van der Waals surface area contributed by atoms with Gasteiger partial charge in [-0.1, -0.05) is 158 Å². The van der Waals surface area contributed by atoms with Crippen LogP contribution in [-0.2, 0) is 0 Å².